The molecule has 1 aliphatic heterocycles. The molecule has 200 valence electrons. The Morgan fingerprint density at radius 2 is 1.84 bits per heavy atom. The average molecular weight is 511 g/mol. The quantitative estimate of drug-likeness (QED) is 0.154. The molecule has 0 bridgehead atoms. The predicted molar refractivity (Wildman–Crippen MR) is 148 cm³/mol. The molecule has 0 saturated heterocycles. The molecular formula is C32H42F2NO2+. The number of fused-ring (bicyclic) bond motifs is 1. The van der Waals surface area contributed by atoms with Crippen molar-refractivity contribution in [1.82, 2.24) is 0 Å². The van der Waals surface area contributed by atoms with Gasteiger partial charge in [-0.2, -0.15) is 0 Å². The molecule has 0 atom stereocenters. The van der Waals surface area contributed by atoms with Gasteiger partial charge in [-0.25, -0.2) is 13.4 Å². The Balaban J connectivity index is 1.94. The number of unbranched alkanes of at least 4 members (excludes halogenated alkanes) is 1. The van der Waals surface area contributed by atoms with Crippen molar-refractivity contribution in [1.29, 1.82) is 0 Å². The molecule has 3 rings (SSSR count). The van der Waals surface area contributed by atoms with Crippen LogP contribution in [0.5, 0.6) is 11.5 Å². The van der Waals surface area contributed by atoms with Crippen LogP contribution in [0.15, 0.2) is 53.6 Å². The Morgan fingerprint density at radius 3 is 2.54 bits per heavy atom. The molecular weight excluding hydrogens is 468 g/mol. The molecule has 1 aliphatic rings. The van der Waals surface area contributed by atoms with E-state index in [2.05, 4.69) is 50.5 Å². The van der Waals surface area contributed by atoms with Gasteiger partial charge in [0.05, 0.1) is 13.7 Å². The van der Waals surface area contributed by atoms with Gasteiger partial charge < -0.3 is 9.47 Å². The van der Waals surface area contributed by atoms with E-state index in [1.807, 2.05) is 6.07 Å². The third-order valence-corrected chi connectivity index (χ3v) is 6.84. The highest BCUT2D eigenvalue weighted by molar-refractivity contribution is 5.99. The topological polar surface area (TPSA) is 21.5 Å². The number of methoxy groups -OCH3 is 1. The summed E-state index contributed by atoms with van der Waals surface area (Å²) >= 11 is 0. The van der Waals surface area contributed by atoms with Crippen molar-refractivity contribution >= 4 is 5.71 Å². The van der Waals surface area contributed by atoms with Gasteiger partial charge in [0, 0.05) is 29.5 Å². The van der Waals surface area contributed by atoms with Crippen molar-refractivity contribution in [3.05, 3.63) is 82.0 Å². The summed E-state index contributed by atoms with van der Waals surface area (Å²) in [6.07, 6.45) is 11.4. The van der Waals surface area contributed by atoms with Crippen LogP contribution in [0.3, 0.4) is 0 Å². The molecule has 3 nitrogen and oxygen atoms in total. The molecule has 2 aromatic carbocycles. The van der Waals surface area contributed by atoms with Crippen LogP contribution < -0.4 is 9.47 Å². The fourth-order valence-corrected chi connectivity index (χ4v) is 4.79. The van der Waals surface area contributed by atoms with Crippen molar-refractivity contribution in [2.75, 3.05) is 20.3 Å². The van der Waals surface area contributed by atoms with E-state index in [1.165, 1.54) is 34.6 Å². The first-order valence-corrected chi connectivity index (χ1v) is 13.5. The standard InChI is InChI=1S/C32H42F2NO2/c1-6-7-20-37-32-27-18-19-35(22-25-14-16-28(33)29(34)21-25)30(26(27)15-17-31(32)36-5)13-9-12-24(4)11-8-10-23(2)3/h10,12,14-17,21H,6-9,11,13,18-20,22H2,1-5H3/q+1. The van der Waals surface area contributed by atoms with Gasteiger partial charge in [0.25, 0.3) is 0 Å². The van der Waals surface area contributed by atoms with E-state index in [-0.39, 0.29) is 0 Å². The van der Waals surface area contributed by atoms with Gasteiger partial charge in [0.15, 0.2) is 35.4 Å². The zero-order chi connectivity index (χ0) is 26.8. The number of rotatable bonds is 13. The lowest BCUT2D eigenvalue weighted by molar-refractivity contribution is -0.545. The summed E-state index contributed by atoms with van der Waals surface area (Å²) in [5.41, 5.74) is 7.05. The van der Waals surface area contributed by atoms with Gasteiger partial charge in [-0.1, -0.05) is 36.6 Å². The van der Waals surface area contributed by atoms with Gasteiger partial charge in [-0.05, 0) is 76.8 Å². The first kappa shape index (κ1) is 28.6. The second kappa shape index (κ2) is 14.1. The van der Waals surface area contributed by atoms with Crippen LogP contribution >= 0.6 is 0 Å². The van der Waals surface area contributed by atoms with Crippen molar-refractivity contribution in [2.24, 2.45) is 0 Å². The minimum atomic E-state index is -0.813. The lowest BCUT2D eigenvalue weighted by Crippen LogP contribution is -2.30. The maximum absolute atomic E-state index is 14.0. The molecule has 0 N–H and O–H groups in total. The molecule has 2 aromatic rings. The Labute approximate surface area is 221 Å². The van der Waals surface area contributed by atoms with Crippen molar-refractivity contribution < 1.29 is 22.8 Å². The van der Waals surface area contributed by atoms with Gasteiger partial charge >= 0.3 is 0 Å². The SMILES string of the molecule is CCCCOc1c(OC)ccc2c1CC[N+](Cc1ccc(F)c(F)c1)=C2CCC=C(C)CCC=C(C)C. The Hall–Kier alpha value is -2.95. The number of hydrogen-bond acceptors (Lipinski definition) is 2. The lowest BCUT2D eigenvalue weighted by Gasteiger charge is -2.23. The van der Waals surface area contributed by atoms with Crippen LogP contribution in [0, 0.1) is 11.6 Å². The molecule has 0 fully saturated rings. The summed E-state index contributed by atoms with van der Waals surface area (Å²) in [4.78, 5) is 0. The third kappa shape index (κ3) is 8.02. The zero-order valence-electron chi connectivity index (χ0n) is 23.1. The number of benzene rings is 2. The van der Waals surface area contributed by atoms with E-state index in [4.69, 9.17) is 9.47 Å². The van der Waals surface area contributed by atoms with E-state index in [9.17, 15) is 8.78 Å². The van der Waals surface area contributed by atoms with E-state index in [0.29, 0.717) is 13.2 Å². The second-order valence-electron chi connectivity index (χ2n) is 10.1. The second-order valence-corrected chi connectivity index (χ2v) is 10.1. The van der Waals surface area contributed by atoms with Gasteiger partial charge in [0.2, 0.25) is 0 Å². The van der Waals surface area contributed by atoms with Crippen LogP contribution in [0.1, 0.15) is 82.9 Å². The lowest BCUT2D eigenvalue weighted by atomic mass is 9.92. The largest absolute Gasteiger partial charge is 0.493 e. The minimum absolute atomic E-state index is 0.535. The van der Waals surface area contributed by atoms with E-state index >= 15 is 0 Å². The molecule has 0 unspecified atom stereocenters. The Kier molecular flexibility index (Phi) is 10.9. The molecule has 37 heavy (non-hydrogen) atoms. The summed E-state index contributed by atoms with van der Waals surface area (Å²) in [7, 11) is 1.68. The van der Waals surface area contributed by atoms with Crippen molar-refractivity contribution in [3.63, 3.8) is 0 Å². The monoisotopic (exact) mass is 510 g/mol. The van der Waals surface area contributed by atoms with Crippen LogP contribution in [-0.4, -0.2) is 30.5 Å². The minimum Gasteiger partial charge on any atom is -0.493 e. The Morgan fingerprint density at radius 1 is 1.03 bits per heavy atom. The first-order valence-electron chi connectivity index (χ1n) is 13.5. The fourth-order valence-electron chi connectivity index (χ4n) is 4.79. The Bertz CT molecular complexity index is 1160. The highest BCUT2D eigenvalue weighted by Crippen LogP contribution is 2.37. The van der Waals surface area contributed by atoms with Crippen LogP contribution in [-0.2, 0) is 13.0 Å². The highest BCUT2D eigenvalue weighted by Gasteiger charge is 2.29. The zero-order valence-corrected chi connectivity index (χ0v) is 23.1. The number of ether oxygens (including phenoxy) is 2. The van der Waals surface area contributed by atoms with Crippen molar-refractivity contribution in [2.45, 2.75) is 79.2 Å². The molecule has 0 saturated carbocycles. The predicted octanol–water partition coefficient (Wildman–Crippen LogP) is 8.18. The normalized spacial score (nSPS) is 13.4. The summed E-state index contributed by atoms with van der Waals surface area (Å²) < 4.78 is 41.7. The van der Waals surface area contributed by atoms with Gasteiger partial charge in [-0.3, -0.25) is 0 Å². The molecule has 1 heterocycles. The molecule has 0 spiro atoms. The maximum Gasteiger partial charge on any atom is 0.184 e. The molecule has 5 heteroatoms. The number of hydrogen-bond donors (Lipinski definition) is 0. The van der Waals surface area contributed by atoms with Crippen LogP contribution in [0.25, 0.3) is 0 Å². The summed E-state index contributed by atoms with van der Waals surface area (Å²) in [5, 5.41) is 0. The van der Waals surface area contributed by atoms with Gasteiger partial charge in [0.1, 0.15) is 6.54 Å². The third-order valence-electron chi connectivity index (χ3n) is 6.84. The highest BCUT2D eigenvalue weighted by atomic mass is 19.2. The number of nitrogens with zero attached hydrogens (tertiary/aromatic N) is 1. The van der Waals surface area contributed by atoms with Crippen LogP contribution in [0.4, 0.5) is 8.78 Å². The fraction of sp³-hybridized carbons (Fsp3) is 0.469. The van der Waals surface area contributed by atoms with E-state index in [1.54, 1.807) is 13.2 Å². The van der Waals surface area contributed by atoms with Crippen LogP contribution in [0.2, 0.25) is 0 Å². The number of allylic oxidation sites excluding steroid dienone is 4. The molecule has 0 radical (unpaired) electrons. The van der Waals surface area contributed by atoms with Gasteiger partial charge in [-0.15, -0.1) is 0 Å². The summed E-state index contributed by atoms with van der Waals surface area (Å²) in [5.74, 6) is -0.0143. The van der Waals surface area contributed by atoms with E-state index < -0.39 is 11.6 Å². The molecule has 0 amide bonds. The first-order chi connectivity index (χ1) is 17.8. The van der Waals surface area contributed by atoms with Crippen molar-refractivity contribution in [3.8, 4) is 11.5 Å². The summed E-state index contributed by atoms with van der Waals surface area (Å²) in [6, 6.07) is 8.31. The van der Waals surface area contributed by atoms with E-state index in [0.717, 1.165) is 74.1 Å². The number of halogens is 2. The summed E-state index contributed by atoms with van der Waals surface area (Å²) in [6.45, 7) is 10.6. The molecule has 0 aromatic heterocycles. The molecule has 0 aliphatic carbocycles. The maximum atomic E-state index is 14.0. The smallest absolute Gasteiger partial charge is 0.184 e. The average Bonchev–Trinajstić information content (AvgIpc) is 2.87.